The molecule has 0 aliphatic carbocycles. The zero-order chi connectivity index (χ0) is 32.5. The minimum Gasteiger partial charge on any atom is -0.493 e. The van der Waals surface area contributed by atoms with Crippen LogP contribution in [0.25, 0.3) is 0 Å². The topological polar surface area (TPSA) is 137 Å². The quantitative estimate of drug-likeness (QED) is 0.124. The molecule has 45 heavy (non-hydrogen) atoms. The summed E-state index contributed by atoms with van der Waals surface area (Å²) in [7, 11) is 1.43. The highest BCUT2D eigenvalue weighted by Crippen LogP contribution is 2.35. The van der Waals surface area contributed by atoms with Crippen LogP contribution in [0.2, 0.25) is 0 Å². The Labute approximate surface area is 275 Å². The number of hydrogen-bond acceptors (Lipinski definition) is 8. The number of rotatable bonds is 12. The second-order valence-corrected chi connectivity index (χ2v) is 11.3. The molecule has 0 radical (unpaired) electrons. The molecule has 3 aromatic carbocycles. The summed E-state index contributed by atoms with van der Waals surface area (Å²) in [6, 6.07) is 13.1. The Morgan fingerprint density at radius 2 is 1.82 bits per heavy atom. The van der Waals surface area contributed by atoms with Crippen molar-refractivity contribution in [1.29, 1.82) is 0 Å². The van der Waals surface area contributed by atoms with E-state index in [0.717, 1.165) is 10.0 Å². The highest BCUT2D eigenvalue weighted by atomic mass is 79.9. The minimum atomic E-state index is -0.791. The third-order valence-electron chi connectivity index (χ3n) is 6.37. The lowest BCUT2D eigenvalue weighted by molar-refractivity contribution is -0.139. The van der Waals surface area contributed by atoms with Crippen molar-refractivity contribution < 1.29 is 37.7 Å². The summed E-state index contributed by atoms with van der Waals surface area (Å²) >= 11 is 6.91. The van der Waals surface area contributed by atoms with Crippen molar-refractivity contribution in [2.45, 2.75) is 26.5 Å². The third kappa shape index (κ3) is 8.82. The van der Waals surface area contributed by atoms with Gasteiger partial charge in [0.25, 0.3) is 5.91 Å². The summed E-state index contributed by atoms with van der Waals surface area (Å²) in [5.74, 6) is -0.441. The zero-order valence-electron chi connectivity index (χ0n) is 24.4. The van der Waals surface area contributed by atoms with Crippen LogP contribution < -0.4 is 30.3 Å². The van der Waals surface area contributed by atoms with Gasteiger partial charge in [0.2, 0.25) is 0 Å². The number of urea groups is 1. The van der Waals surface area contributed by atoms with E-state index in [-0.39, 0.29) is 42.7 Å². The van der Waals surface area contributed by atoms with Crippen molar-refractivity contribution in [2.75, 3.05) is 20.3 Å². The average Bonchev–Trinajstić information content (AvgIpc) is 3.00. The molecule has 0 unspecified atom stereocenters. The molecule has 0 saturated carbocycles. The molecule has 0 saturated heterocycles. The van der Waals surface area contributed by atoms with Gasteiger partial charge in [-0.05, 0) is 77.3 Å². The van der Waals surface area contributed by atoms with Crippen molar-refractivity contribution in [3.05, 3.63) is 97.3 Å². The van der Waals surface area contributed by atoms with E-state index in [1.165, 1.54) is 25.5 Å². The van der Waals surface area contributed by atoms with Gasteiger partial charge in [0, 0.05) is 15.7 Å². The van der Waals surface area contributed by atoms with E-state index in [9.17, 15) is 18.8 Å². The smallest absolute Gasteiger partial charge is 0.338 e. The molecule has 3 N–H and O–H groups in total. The standard InChI is InChI=1S/C31H29Br2FN4O7/c1-4-43-30(40)27-17(2)36-31(41)37-28(27)19-7-10-24(25(12-19)42-3)44-16-26(39)38-35-14-20-11-21(32)13-23(33)29(20)45-15-18-5-8-22(34)9-6-18/h5-14,28H,4,15-16H2,1-3H3,(H,38,39)(H2,36,37,41)/b35-14+/t28-/m1/s1. The Balaban J connectivity index is 1.41. The number of carbonyl (C=O) groups is 3. The number of ether oxygens (including phenoxy) is 4. The fraction of sp³-hybridized carbons (Fsp3) is 0.226. The number of nitrogens with one attached hydrogen (secondary N) is 3. The Morgan fingerprint density at radius 1 is 1.07 bits per heavy atom. The van der Waals surface area contributed by atoms with E-state index in [0.29, 0.717) is 27.0 Å². The van der Waals surface area contributed by atoms with Crippen LogP contribution in [0.15, 0.2) is 79.9 Å². The van der Waals surface area contributed by atoms with Crippen LogP contribution >= 0.6 is 31.9 Å². The highest BCUT2D eigenvalue weighted by molar-refractivity contribution is 9.11. The molecule has 236 valence electrons. The van der Waals surface area contributed by atoms with Crippen LogP contribution in [0.5, 0.6) is 17.2 Å². The maximum absolute atomic E-state index is 13.2. The summed E-state index contributed by atoms with van der Waals surface area (Å²) in [6.45, 7) is 3.28. The molecule has 1 aliphatic rings. The van der Waals surface area contributed by atoms with Crippen molar-refractivity contribution >= 4 is 56.0 Å². The van der Waals surface area contributed by atoms with Gasteiger partial charge in [-0.2, -0.15) is 5.10 Å². The van der Waals surface area contributed by atoms with E-state index in [2.05, 4.69) is 53.0 Å². The molecule has 1 heterocycles. The first-order valence-electron chi connectivity index (χ1n) is 13.5. The molecular weight excluding hydrogens is 719 g/mol. The molecule has 1 atom stereocenters. The zero-order valence-corrected chi connectivity index (χ0v) is 27.6. The number of hydrogen-bond donors (Lipinski definition) is 3. The molecule has 0 aromatic heterocycles. The lowest BCUT2D eigenvalue weighted by atomic mass is 9.95. The SMILES string of the molecule is CCOC(=O)C1=C(C)NC(=O)N[C@@H]1c1ccc(OCC(=O)N/N=C/c2cc(Br)cc(Br)c2OCc2ccc(F)cc2)c(OC)c1. The van der Waals surface area contributed by atoms with Crippen LogP contribution in [0.4, 0.5) is 9.18 Å². The van der Waals surface area contributed by atoms with E-state index >= 15 is 0 Å². The monoisotopic (exact) mass is 746 g/mol. The van der Waals surface area contributed by atoms with E-state index in [1.54, 1.807) is 56.3 Å². The van der Waals surface area contributed by atoms with Gasteiger partial charge in [0.15, 0.2) is 18.1 Å². The molecule has 4 rings (SSSR count). The summed E-state index contributed by atoms with van der Waals surface area (Å²) in [5.41, 5.74) is 4.92. The predicted octanol–water partition coefficient (Wildman–Crippen LogP) is 5.66. The van der Waals surface area contributed by atoms with Crippen LogP contribution in [0.1, 0.15) is 36.6 Å². The summed E-state index contributed by atoms with van der Waals surface area (Å²) in [4.78, 5) is 37.3. The molecule has 11 nitrogen and oxygen atoms in total. The number of esters is 1. The van der Waals surface area contributed by atoms with Gasteiger partial charge in [-0.15, -0.1) is 0 Å². The molecule has 1 aliphatic heterocycles. The van der Waals surface area contributed by atoms with Gasteiger partial charge in [-0.25, -0.2) is 19.4 Å². The maximum Gasteiger partial charge on any atom is 0.338 e. The molecule has 0 bridgehead atoms. The van der Waals surface area contributed by atoms with Gasteiger partial charge < -0.3 is 29.6 Å². The maximum atomic E-state index is 13.2. The lowest BCUT2D eigenvalue weighted by Gasteiger charge is -2.28. The van der Waals surface area contributed by atoms with Crippen molar-refractivity contribution in [2.24, 2.45) is 5.10 Å². The molecule has 3 aromatic rings. The third-order valence-corrected chi connectivity index (χ3v) is 7.42. The van der Waals surface area contributed by atoms with Gasteiger partial charge in [-0.3, -0.25) is 4.79 Å². The van der Waals surface area contributed by atoms with Crippen molar-refractivity contribution in [1.82, 2.24) is 16.1 Å². The molecule has 0 fully saturated rings. The number of methoxy groups -OCH3 is 1. The average molecular weight is 748 g/mol. The first-order valence-corrected chi connectivity index (χ1v) is 15.1. The Bertz CT molecular complexity index is 1650. The number of nitrogens with zero attached hydrogens (tertiary/aromatic N) is 1. The Kier molecular flexibility index (Phi) is 11.5. The van der Waals surface area contributed by atoms with Crippen LogP contribution in [0.3, 0.4) is 0 Å². The normalized spacial score (nSPS) is 14.4. The fourth-order valence-corrected chi connectivity index (χ4v) is 5.69. The first kappa shape index (κ1) is 33.5. The van der Waals surface area contributed by atoms with Crippen molar-refractivity contribution in [3.8, 4) is 17.2 Å². The Hall–Kier alpha value is -4.43. The number of amides is 3. The summed E-state index contributed by atoms with van der Waals surface area (Å²) in [5, 5.41) is 9.34. The summed E-state index contributed by atoms with van der Waals surface area (Å²) in [6.07, 6.45) is 1.42. The lowest BCUT2D eigenvalue weighted by Crippen LogP contribution is -2.45. The summed E-state index contributed by atoms with van der Waals surface area (Å²) < 4.78 is 36.9. The van der Waals surface area contributed by atoms with E-state index in [1.807, 2.05) is 0 Å². The number of allylic oxidation sites excluding steroid dienone is 1. The fourth-order valence-electron chi connectivity index (χ4n) is 4.32. The van der Waals surface area contributed by atoms with Crippen LogP contribution in [-0.4, -0.2) is 44.4 Å². The number of hydrazone groups is 1. The highest BCUT2D eigenvalue weighted by Gasteiger charge is 2.32. The van der Waals surface area contributed by atoms with Crippen molar-refractivity contribution in [3.63, 3.8) is 0 Å². The largest absolute Gasteiger partial charge is 0.493 e. The first-order chi connectivity index (χ1) is 21.6. The second-order valence-electron chi connectivity index (χ2n) is 9.50. The van der Waals surface area contributed by atoms with E-state index in [4.69, 9.17) is 18.9 Å². The van der Waals surface area contributed by atoms with Crippen LogP contribution in [0, 0.1) is 5.82 Å². The number of benzene rings is 3. The molecule has 14 heteroatoms. The predicted molar refractivity (Wildman–Crippen MR) is 171 cm³/mol. The van der Waals surface area contributed by atoms with Crippen LogP contribution in [-0.2, 0) is 20.9 Å². The molecule has 0 spiro atoms. The van der Waals surface area contributed by atoms with Gasteiger partial charge in [-0.1, -0.05) is 34.1 Å². The molecule has 3 amide bonds. The number of halogens is 3. The van der Waals surface area contributed by atoms with Gasteiger partial charge >= 0.3 is 12.0 Å². The minimum absolute atomic E-state index is 0.172. The molecular formula is C31H29Br2FN4O7. The van der Waals surface area contributed by atoms with Gasteiger partial charge in [0.05, 0.1) is 36.0 Å². The van der Waals surface area contributed by atoms with Gasteiger partial charge in [0.1, 0.15) is 18.2 Å². The van der Waals surface area contributed by atoms with E-state index < -0.39 is 23.9 Å². The second kappa shape index (κ2) is 15.5. The number of carbonyl (C=O) groups excluding carboxylic acids is 3. The Morgan fingerprint density at radius 3 is 2.53 bits per heavy atom.